The molecule has 3 fully saturated rings. The number of aromatic nitrogens is 2. The smallest absolute Gasteiger partial charge is 0.230 e. The molecule has 3 heterocycles. The SMILES string of the molecule is Cl.c1cc(CN2CCOCC2)cc(-c2noc(C3CC34CCNCC4)n2)c1. The summed E-state index contributed by atoms with van der Waals surface area (Å²) in [5, 5.41) is 7.72. The van der Waals surface area contributed by atoms with Gasteiger partial charge in [0.2, 0.25) is 11.7 Å². The van der Waals surface area contributed by atoms with Gasteiger partial charge in [-0.25, -0.2) is 0 Å². The summed E-state index contributed by atoms with van der Waals surface area (Å²) in [6.45, 7) is 6.81. The van der Waals surface area contributed by atoms with Crippen LogP contribution in [0.25, 0.3) is 11.4 Å². The third kappa shape index (κ3) is 3.90. The fraction of sp³-hybridized carbons (Fsp3) is 0.600. The van der Waals surface area contributed by atoms with Crippen LogP contribution >= 0.6 is 12.4 Å². The number of hydrogen-bond acceptors (Lipinski definition) is 6. The maximum atomic E-state index is 5.65. The highest BCUT2D eigenvalue weighted by molar-refractivity contribution is 5.85. The van der Waals surface area contributed by atoms with Gasteiger partial charge in [-0.1, -0.05) is 23.4 Å². The molecular formula is C20H27ClN4O2. The van der Waals surface area contributed by atoms with Crippen LogP contribution in [0.2, 0.25) is 0 Å². The summed E-state index contributed by atoms with van der Waals surface area (Å²) in [4.78, 5) is 7.17. The Labute approximate surface area is 166 Å². The first-order valence-corrected chi connectivity index (χ1v) is 9.76. The number of hydrogen-bond donors (Lipinski definition) is 1. The summed E-state index contributed by atoms with van der Waals surface area (Å²) in [6.07, 6.45) is 3.65. The van der Waals surface area contributed by atoms with E-state index in [1.807, 2.05) is 0 Å². The van der Waals surface area contributed by atoms with E-state index in [0.29, 0.717) is 11.3 Å². The van der Waals surface area contributed by atoms with E-state index < -0.39 is 0 Å². The van der Waals surface area contributed by atoms with Crippen molar-refractivity contribution in [3.63, 3.8) is 0 Å². The number of halogens is 1. The van der Waals surface area contributed by atoms with Crippen molar-refractivity contribution in [2.75, 3.05) is 39.4 Å². The van der Waals surface area contributed by atoms with Crippen molar-refractivity contribution in [1.82, 2.24) is 20.4 Å². The Bertz CT molecular complexity index is 769. The first-order chi connectivity index (χ1) is 12.8. The Balaban J connectivity index is 0.00000180. The number of nitrogens with zero attached hydrogens (tertiary/aromatic N) is 3. The summed E-state index contributed by atoms with van der Waals surface area (Å²) in [6, 6.07) is 8.53. The zero-order valence-corrected chi connectivity index (χ0v) is 16.3. The second kappa shape index (κ2) is 7.87. The monoisotopic (exact) mass is 390 g/mol. The standard InChI is InChI=1S/C20H26N4O2.ClH/c1-2-15(14-24-8-10-25-11-9-24)12-16(3-1)18-22-19(26-23-18)17-13-20(17)4-6-21-7-5-20;/h1-3,12,17,21H,4-11,13-14H2;1H. The van der Waals surface area contributed by atoms with E-state index >= 15 is 0 Å². The maximum Gasteiger partial charge on any atom is 0.230 e. The zero-order chi connectivity index (χ0) is 17.4. The first kappa shape index (κ1) is 18.9. The lowest BCUT2D eigenvalue weighted by Crippen LogP contribution is -2.35. The number of nitrogens with one attached hydrogen (secondary N) is 1. The summed E-state index contributed by atoms with van der Waals surface area (Å²) in [7, 11) is 0. The van der Waals surface area contributed by atoms with Crippen molar-refractivity contribution in [2.45, 2.75) is 31.7 Å². The molecule has 1 spiro atoms. The van der Waals surface area contributed by atoms with Crippen molar-refractivity contribution < 1.29 is 9.26 Å². The van der Waals surface area contributed by atoms with Crippen LogP contribution < -0.4 is 5.32 Å². The van der Waals surface area contributed by atoms with Crippen LogP contribution in [0.15, 0.2) is 28.8 Å². The fourth-order valence-corrected chi connectivity index (χ4v) is 4.49. The van der Waals surface area contributed by atoms with Gasteiger partial charge in [-0.3, -0.25) is 4.90 Å². The van der Waals surface area contributed by atoms with Crippen LogP contribution in [0.5, 0.6) is 0 Å². The Hall–Kier alpha value is -1.47. The Morgan fingerprint density at radius 2 is 2.00 bits per heavy atom. The highest BCUT2D eigenvalue weighted by Gasteiger charge is 2.57. The molecule has 1 aromatic heterocycles. The van der Waals surface area contributed by atoms with Gasteiger partial charge < -0.3 is 14.6 Å². The van der Waals surface area contributed by atoms with E-state index in [-0.39, 0.29) is 12.4 Å². The lowest BCUT2D eigenvalue weighted by atomic mass is 9.92. The highest BCUT2D eigenvalue weighted by atomic mass is 35.5. The van der Waals surface area contributed by atoms with E-state index in [9.17, 15) is 0 Å². The molecule has 1 saturated carbocycles. The quantitative estimate of drug-likeness (QED) is 0.866. The van der Waals surface area contributed by atoms with E-state index in [1.54, 1.807) is 0 Å². The molecule has 1 aliphatic carbocycles. The predicted molar refractivity (Wildman–Crippen MR) is 105 cm³/mol. The maximum absolute atomic E-state index is 5.65. The molecular weight excluding hydrogens is 364 g/mol. The van der Waals surface area contributed by atoms with Gasteiger partial charge in [0.25, 0.3) is 0 Å². The normalized spacial score (nSPS) is 24.5. The first-order valence-electron chi connectivity index (χ1n) is 9.76. The highest BCUT2D eigenvalue weighted by Crippen LogP contribution is 2.63. The van der Waals surface area contributed by atoms with Gasteiger partial charge in [0.05, 0.1) is 13.2 Å². The number of morpholine rings is 1. The zero-order valence-electron chi connectivity index (χ0n) is 15.5. The second-order valence-electron chi connectivity index (χ2n) is 7.91. The van der Waals surface area contributed by atoms with Crippen LogP contribution in [0.1, 0.15) is 36.6 Å². The van der Waals surface area contributed by atoms with Gasteiger partial charge in [0.1, 0.15) is 0 Å². The fourth-order valence-electron chi connectivity index (χ4n) is 4.49. The number of ether oxygens (including phenoxy) is 1. The van der Waals surface area contributed by atoms with Crippen molar-refractivity contribution >= 4 is 12.4 Å². The van der Waals surface area contributed by atoms with Crippen LogP contribution in [0.4, 0.5) is 0 Å². The molecule has 1 N–H and O–H groups in total. The van der Waals surface area contributed by atoms with Gasteiger partial charge >= 0.3 is 0 Å². The van der Waals surface area contributed by atoms with E-state index in [0.717, 1.165) is 63.2 Å². The number of benzene rings is 1. The molecule has 7 heteroatoms. The number of piperidine rings is 1. The molecule has 27 heavy (non-hydrogen) atoms. The van der Waals surface area contributed by atoms with Gasteiger partial charge in [0, 0.05) is 31.1 Å². The molecule has 0 amide bonds. The number of rotatable bonds is 4. The molecule has 5 rings (SSSR count). The van der Waals surface area contributed by atoms with Gasteiger partial charge in [-0.05, 0) is 49.4 Å². The van der Waals surface area contributed by atoms with Crippen molar-refractivity contribution in [1.29, 1.82) is 0 Å². The minimum absolute atomic E-state index is 0. The average Bonchev–Trinajstić information content (AvgIpc) is 3.15. The summed E-state index contributed by atoms with van der Waals surface area (Å²) >= 11 is 0. The van der Waals surface area contributed by atoms with Crippen LogP contribution in [-0.2, 0) is 11.3 Å². The van der Waals surface area contributed by atoms with Gasteiger partial charge in [-0.15, -0.1) is 12.4 Å². The Kier molecular flexibility index (Phi) is 5.50. The minimum atomic E-state index is 0. The van der Waals surface area contributed by atoms with E-state index in [1.165, 1.54) is 24.8 Å². The lowest BCUT2D eigenvalue weighted by Gasteiger charge is -2.26. The second-order valence-corrected chi connectivity index (χ2v) is 7.91. The average molecular weight is 391 g/mol. The van der Waals surface area contributed by atoms with Crippen LogP contribution in [0, 0.1) is 5.41 Å². The Morgan fingerprint density at radius 1 is 1.19 bits per heavy atom. The third-order valence-electron chi connectivity index (χ3n) is 6.22. The van der Waals surface area contributed by atoms with Crippen molar-refractivity contribution in [2.24, 2.45) is 5.41 Å². The third-order valence-corrected chi connectivity index (χ3v) is 6.22. The molecule has 0 bridgehead atoms. The minimum Gasteiger partial charge on any atom is -0.379 e. The molecule has 2 aliphatic heterocycles. The molecule has 146 valence electrons. The summed E-state index contributed by atoms with van der Waals surface area (Å²) < 4.78 is 11.1. The van der Waals surface area contributed by atoms with Crippen molar-refractivity contribution in [3.8, 4) is 11.4 Å². The molecule has 1 atom stereocenters. The topological polar surface area (TPSA) is 63.4 Å². The van der Waals surface area contributed by atoms with Gasteiger partial charge in [0.15, 0.2) is 0 Å². The lowest BCUT2D eigenvalue weighted by molar-refractivity contribution is 0.0342. The summed E-state index contributed by atoms with van der Waals surface area (Å²) in [5.74, 6) is 2.02. The van der Waals surface area contributed by atoms with Crippen molar-refractivity contribution in [3.05, 3.63) is 35.7 Å². The van der Waals surface area contributed by atoms with E-state index in [4.69, 9.17) is 14.2 Å². The van der Waals surface area contributed by atoms with Crippen LogP contribution in [-0.4, -0.2) is 54.4 Å². The largest absolute Gasteiger partial charge is 0.379 e. The van der Waals surface area contributed by atoms with E-state index in [2.05, 4.69) is 39.6 Å². The van der Waals surface area contributed by atoms with Gasteiger partial charge in [-0.2, -0.15) is 4.98 Å². The molecule has 1 aromatic carbocycles. The molecule has 2 aromatic rings. The Morgan fingerprint density at radius 3 is 2.81 bits per heavy atom. The molecule has 1 unspecified atom stereocenters. The molecule has 6 nitrogen and oxygen atoms in total. The molecule has 2 saturated heterocycles. The van der Waals surface area contributed by atoms with Crippen LogP contribution in [0.3, 0.4) is 0 Å². The predicted octanol–water partition coefficient (Wildman–Crippen LogP) is 2.85. The molecule has 3 aliphatic rings. The summed E-state index contributed by atoms with van der Waals surface area (Å²) in [5.41, 5.74) is 2.76. The molecule has 0 radical (unpaired) electrons.